The number of hydrogen-bond acceptors (Lipinski definition) is 4. The molecule has 3 heterocycles. The third-order valence-electron chi connectivity index (χ3n) is 5.03. The van der Waals surface area contributed by atoms with Crippen LogP contribution in [0, 0.1) is 5.92 Å². The highest BCUT2D eigenvalue weighted by atomic mass is 32.1. The van der Waals surface area contributed by atoms with Crippen molar-refractivity contribution >= 4 is 29.0 Å². The van der Waals surface area contributed by atoms with Crippen LogP contribution in [0.2, 0.25) is 0 Å². The third-order valence-corrected chi connectivity index (χ3v) is 5.98. The molecule has 0 spiro atoms. The maximum Gasteiger partial charge on any atom is 0.254 e. The van der Waals surface area contributed by atoms with E-state index in [9.17, 15) is 9.59 Å². The molecule has 0 fully saturated rings. The van der Waals surface area contributed by atoms with Crippen LogP contribution in [0.3, 0.4) is 0 Å². The predicted octanol–water partition coefficient (Wildman–Crippen LogP) is 4.72. The fourth-order valence-electron chi connectivity index (χ4n) is 3.89. The Kier molecular flexibility index (Phi) is 5.45. The van der Waals surface area contributed by atoms with Crippen molar-refractivity contribution in [3.8, 4) is 0 Å². The van der Waals surface area contributed by atoms with Crippen molar-refractivity contribution in [1.29, 1.82) is 0 Å². The van der Waals surface area contributed by atoms with Gasteiger partial charge in [-0.05, 0) is 41.1 Å². The number of thiophene rings is 1. The van der Waals surface area contributed by atoms with Gasteiger partial charge in [0.25, 0.3) is 5.91 Å². The maximum atomic E-state index is 13.5. The molecule has 0 bridgehead atoms. The smallest absolute Gasteiger partial charge is 0.254 e. The Hall–Kier alpha value is -2.99. The second kappa shape index (κ2) is 8.17. The van der Waals surface area contributed by atoms with E-state index in [1.807, 2.05) is 58.8 Å². The lowest BCUT2D eigenvalue weighted by atomic mass is 9.81. The van der Waals surface area contributed by atoms with Crippen LogP contribution in [0.15, 0.2) is 66.2 Å². The molecule has 1 aliphatic rings. The number of hydrogen-bond donors (Lipinski definition) is 1. The summed E-state index contributed by atoms with van der Waals surface area (Å²) < 4.78 is 0. The van der Waals surface area contributed by atoms with Gasteiger partial charge in [0, 0.05) is 23.2 Å². The van der Waals surface area contributed by atoms with E-state index in [2.05, 4.69) is 24.1 Å². The number of carbonyl (C=O) groups is 2. The van der Waals surface area contributed by atoms with Crippen LogP contribution in [0.5, 0.6) is 0 Å². The van der Waals surface area contributed by atoms with Crippen molar-refractivity contribution in [1.82, 2.24) is 9.88 Å². The molecule has 6 heteroatoms. The molecule has 1 aliphatic heterocycles. The zero-order chi connectivity index (χ0) is 20.4. The summed E-state index contributed by atoms with van der Waals surface area (Å²) in [5.74, 6) is 0.104. The molecule has 148 valence electrons. The molecule has 0 unspecified atom stereocenters. The Morgan fingerprint density at radius 2 is 1.93 bits per heavy atom. The first-order valence-electron chi connectivity index (χ1n) is 9.71. The first-order chi connectivity index (χ1) is 14.1. The number of nitrogens with one attached hydrogen (secondary N) is 1. The Labute approximate surface area is 174 Å². The molecule has 0 radical (unpaired) electrons. The first-order valence-corrected chi connectivity index (χ1v) is 10.6. The molecule has 1 aromatic carbocycles. The molecular formula is C23H23N3O2S. The minimum atomic E-state index is -0.511. The molecule has 0 aliphatic carbocycles. The van der Waals surface area contributed by atoms with Crippen molar-refractivity contribution in [2.24, 2.45) is 5.92 Å². The summed E-state index contributed by atoms with van der Waals surface area (Å²) in [6.07, 6.45) is 1.65. The average molecular weight is 406 g/mol. The number of carbonyl (C=O) groups excluding carboxylic acids is 2. The van der Waals surface area contributed by atoms with E-state index in [-0.39, 0.29) is 23.8 Å². The van der Waals surface area contributed by atoms with Crippen LogP contribution in [-0.2, 0) is 4.79 Å². The third kappa shape index (κ3) is 3.80. The number of pyridine rings is 1. The Bertz CT molecular complexity index is 1000. The van der Waals surface area contributed by atoms with Crippen molar-refractivity contribution in [2.75, 3.05) is 11.9 Å². The van der Waals surface area contributed by atoms with Gasteiger partial charge in [0.1, 0.15) is 5.82 Å². The van der Waals surface area contributed by atoms with Crippen LogP contribution in [0.1, 0.15) is 46.6 Å². The normalized spacial score (nSPS) is 18.6. The topological polar surface area (TPSA) is 62.3 Å². The van der Waals surface area contributed by atoms with Gasteiger partial charge in [-0.1, -0.05) is 44.2 Å². The summed E-state index contributed by atoms with van der Waals surface area (Å²) in [4.78, 5) is 34.0. The summed E-state index contributed by atoms with van der Waals surface area (Å²) in [7, 11) is 0. The molecule has 3 aromatic rings. The zero-order valence-corrected chi connectivity index (χ0v) is 17.2. The van der Waals surface area contributed by atoms with Gasteiger partial charge in [-0.25, -0.2) is 4.98 Å². The quantitative estimate of drug-likeness (QED) is 0.668. The predicted molar refractivity (Wildman–Crippen MR) is 115 cm³/mol. The monoisotopic (exact) mass is 405 g/mol. The molecule has 29 heavy (non-hydrogen) atoms. The lowest BCUT2D eigenvalue weighted by Gasteiger charge is -2.41. The summed E-state index contributed by atoms with van der Waals surface area (Å²) >= 11 is 1.57. The molecule has 5 nitrogen and oxygen atoms in total. The zero-order valence-electron chi connectivity index (χ0n) is 16.4. The molecular weight excluding hydrogens is 382 g/mol. The lowest BCUT2D eigenvalue weighted by molar-refractivity contribution is -0.119. The number of aromatic nitrogens is 1. The van der Waals surface area contributed by atoms with Gasteiger partial charge in [0.15, 0.2) is 0 Å². The number of amides is 2. The molecule has 0 saturated carbocycles. The number of nitrogens with zero attached hydrogens (tertiary/aromatic N) is 2. The standard InChI is InChI=1S/C23H23N3O2S/c1-15(2)14-26-21(18-10-7-13-29-18)20(16-8-3-4-9-17(16)23(26)28)22(27)25-19-11-5-6-12-24-19/h3-13,15,20-21H,14H2,1-2H3,(H,24,25,27)/t20-,21+/m1/s1. The van der Waals surface area contributed by atoms with E-state index in [4.69, 9.17) is 0 Å². The van der Waals surface area contributed by atoms with Crippen molar-refractivity contribution in [3.63, 3.8) is 0 Å². The molecule has 2 aromatic heterocycles. The molecule has 2 amide bonds. The van der Waals surface area contributed by atoms with E-state index in [0.717, 1.165) is 10.4 Å². The fraction of sp³-hybridized carbons (Fsp3) is 0.261. The SMILES string of the molecule is CC(C)CN1C(=O)c2ccccc2[C@@H](C(=O)Nc2ccccn2)[C@@H]1c1cccs1. The van der Waals surface area contributed by atoms with Crippen molar-refractivity contribution in [2.45, 2.75) is 25.8 Å². The lowest BCUT2D eigenvalue weighted by Crippen LogP contribution is -2.47. The average Bonchev–Trinajstić information content (AvgIpc) is 3.24. The maximum absolute atomic E-state index is 13.5. The van der Waals surface area contributed by atoms with Gasteiger partial charge in [-0.15, -0.1) is 11.3 Å². The van der Waals surface area contributed by atoms with Gasteiger partial charge >= 0.3 is 0 Å². The number of benzene rings is 1. The van der Waals surface area contributed by atoms with E-state index in [1.165, 1.54) is 0 Å². The van der Waals surface area contributed by atoms with Gasteiger partial charge in [0.2, 0.25) is 5.91 Å². The second-order valence-electron chi connectivity index (χ2n) is 7.58. The Morgan fingerprint density at radius 3 is 2.62 bits per heavy atom. The van der Waals surface area contributed by atoms with Gasteiger partial charge in [-0.3, -0.25) is 9.59 Å². The first kappa shape index (κ1) is 19.3. The highest BCUT2D eigenvalue weighted by molar-refractivity contribution is 7.10. The summed E-state index contributed by atoms with van der Waals surface area (Å²) in [5, 5.41) is 4.94. The van der Waals surface area contributed by atoms with E-state index < -0.39 is 5.92 Å². The Morgan fingerprint density at radius 1 is 1.14 bits per heavy atom. The van der Waals surface area contributed by atoms with E-state index >= 15 is 0 Å². The minimum Gasteiger partial charge on any atom is -0.329 e. The van der Waals surface area contributed by atoms with Crippen LogP contribution in [-0.4, -0.2) is 28.2 Å². The van der Waals surface area contributed by atoms with E-state index in [0.29, 0.717) is 17.9 Å². The summed E-state index contributed by atoms with van der Waals surface area (Å²) in [6.45, 7) is 4.76. The largest absolute Gasteiger partial charge is 0.329 e. The minimum absolute atomic E-state index is 0.0189. The van der Waals surface area contributed by atoms with Crippen LogP contribution in [0.25, 0.3) is 0 Å². The number of rotatable bonds is 5. The summed E-state index contributed by atoms with van der Waals surface area (Å²) in [6, 6.07) is 16.5. The molecule has 2 atom stereocenters. The number of anilines is 1. The highest BCUT2D eigenvalue weighted by Gasteiger charge is 2.44. The van der Waals surface area contributed by atoms with Crippen LogP contribution in [0.4, 0.5) is 5.82 Å². The fourth-order valence-corrected chi connectivity index (χ4v) is 4.76. The van der Waals surface area contributed by atoms with Crippen LogP contribution >= 0.6 is 11.3 Å². The molecule has 1 N–H and O–H groups in total. The van der Waals surface area contributed by atoms with Gasteiger partial charge in [0.05, 0.1) is 12.0 Å². The van der Waals surface area contributed by atoms with Gasteiger partial charge < -0.3 is 10.2 Å². The second-order valence-corrected chi connectivity index (χ2v) is 8.56. The van der Waals surface area contributed by atoms with E-state index in [1.54, 1.807) is 23.6 Å². The highest BCUT2D eigenvalue weighted by Crippen LogP contribution is 2.44. The van der Waals surface area contributed by atoms with Crippen molar-refractivity contribution in [3.05, 3.63) is 82.2 Å². The summed E-state index contributed by atoms with van der Waals surface area (Å²) in [5.41, 5.74) is 1.37. The van der Waals surface area contributed by atoms with Crippen LogP contribution < -0.4 is 5.32 Å². The molecule has 0 saturated heterocycles. The van der Waals surface area contributed by atoms with Crippen molar-refractivity contribution < 1.29 is 9.59 Å². The van der Waals surface area contributed by atoms with Gasteiger partial charge in [-0.2, -0.15) is 0 Å². The molecule has 4 rings (SSSR count). The Balaban J connectivity index is 1.82. The number of fused-ring (bicyclic) bond motifs is 1.